The van der Waals surface area contributed by atoms with E-state index >= 15 is 0 Å². The van der Waals surface area contributed by atoms with Crippen molar-refractivity contribution in [1.82, 2.24) is 0 Å². The van der Waals surface area contributed by atoms with E-state index < -0.39 is 0 Å². The first-order valence-electron chi connectivity index (χ1n) is 5.04. The Bertz CT molecular complexity index is 543. The Morgan fingerprint density at radius 3 is 2.53 bits per heavy atom. The van der Waals surface area contributed by atoms with Gasteiger partial charge in [0.2, 0.25) is 0 Å². The van der Waals surface area contributed by atoms with Gasteiger partial charge in [-0.3, -0.25) is 0 Å². The molecule has 2 rings (SSSR count). The van der Waals surface area contributed by atoms with Crippen LogP contribution in [-0.2, 0) is 0 Å². The lowest BCUT2D eigenvalue weighted by Gasteiger charge is -2.06. The Morgan fingerprint density at radius 1 is 1.06 bits per heavy atom. The molecule has 0 aromatic heterocycles. The van der Waals surface area contributed by atoms with Crippen LogP contribution in [0, 0.1) is 17.8 Å². The van der Waals surface area contributed by atoms with E-state index in [2.05, 4.69) is 0 Å². The van der Waals surface area contributed by atoms with Gasteiger partial charge in [-0.15, -0.1) is 0 Å². The number of hydrogen-bond donors (Lipinski definition) is 0. The third kappa shape index (κ3) is 3.24. The fraction of sp³-hybridized carbons (Fsp3) is 0. The van der Waals surface area contributed by atoms with Gasteiger partial charge in [0.05, 0.1) is 12.5 Å². The van der Waals surface area contributed by atoms with Crippen LogP contribution in [0.5, 0.6) is 11.5 Å². The van der Waals surface area contributed by atoms with Crippen LogP contribution >= 0.6 is 11.6 Å². The summed E-state index contributed by atoms with van der Waals surface area (Å²) in [6, 6.07) is 16.4. The van der Waals surface area contributed by atoms with Crippen LogP contribution in [-0.4, -0.2) is 0 Å². The molecule has 2 aromatic rings. The first-order chi connectivity index (χ1) is 8.28. The summed E-state index contributed by atoms with van der Waals surface area (Å²) in [5, 5.41) is 9.24. The van der Waals surface area contributed by atoms with Gasteiger partial charge in [0.1, 0.15) is 11.5 Å². The molecular weight excluding hydrogens is 234 g/mol. The zero-order valence-corrected chi connectivity index (χ0v) is 9.69. The Kier molecular flexibility index (Phi) is 3.64. The number of nitrogens with zero attached hydrogens (tertiary/aromatic N) is 1. The van der Waals surface area contributed by atoms with Crippen molar-refractivity contribution in [3.63, 3.8) is 0 Å². The smallest absolute Gasteiger partial charge is 0.127 e. The fourth-order valence-corrected chi connectivity index (χ4v) is 1.51. The van der Waals surface area contributed by atoms with Crippen LogP contribution in [0.1, 0.15) is 5.56 Å². The number of hydrogen-bond acceptors (Lipinski definition) is 2. The molecule has 3 heteroatoms. The lowest BCUT2D eigenvalue weighted by atomic mass is 10.1. The Labute approximate surface area is 105 Å². The van der Waals surface area contributed by atoms with Gasteiger partial charge in [-0.25, -0.2) is 0 Å². The molecule has 0 bridgehead atoms. The van der Waals surface area contributed by atoms with E-state index in [0.717, 1.165) is 5.56 Å². The van der Waals surface area contributed by atoms with Crippen molar-refractivity contribution >= 4 is 11.6 Å². The van der Waals surface area contributed by atoms with Gasteiger partial charge >= 0.3 is 0 Å². The second-order valence-electron chi connectivity index (χ2n) is 3.40. The zero-order chi connectivity index (χ0) is 12.1. The molecule has 0 aliphatic rings. The van der Waals surface area contributed by atoms with Gasteiger partial charge in [-0.2, -0.15) is 5.26 Å². The highest BCUT2D eigenvalue weighted by atomic mass is 35.5. The maximum absolute atomic E-state index is 8.57. The molecule has 0 atom stereocenters. The van der Waals surface area contributed by atoms with Crippen molar-refractivity contribution in [2.45, 2.75) is 0 Å². The second-order valence-corrected chi connectivity index (χ2v) is 3.84. The Balaban J connectivity index is 2.16. The normalized spacial score (nSPS) is 9.65. The molecule has 2 nitrogen and oxygen atoms in total. The maximum atomic E-state index is 8.57. The molecule has 0 heterocycles. The molecule has 2 aromatic carbocycles. The molecule has 0 aliphatic carbocycles. The summed E-state index contributed by atoms with van der Waals surface area (Å²) in [5.41, 5.74) is 0.818. The van der Waals surface area contributed by atoms with E-state index in [1.807, 2.05) is 24.3 Å². The first-order valence-corrected chi connectivity index (χ1v) is 5.42. The zero-order valence-electron chi connectivity index (χ0n) is 8.93. The summed E-state index contributed by atoms with van der Waals surface area (Å²) >= 11 is 5.78. The highest BCUT2D eigenvalue weighted by Crippen LogP contribution is 2.24. The molecule has 0 N–H and O–H groups in total. The molecule has 0 fully saturated rings. The predicted molar refractivity (Wildman–Crippen MR) is 67.0 cm³/mol. The average molecular weight is 243 g/mol. The lowest BCUT2D eigenvalue weighted by Crippen LogP contribution is -1.85. The average Bonchev–Trinajstić information content (AvgIpc) is 2.33. The Hall–Kier alpha value is -1.98. The van der Waals surface area contributed by atoms with E-state index in [1.54, 1.807) is 30.3 Å². The first kappa shape index (κ1) is 11.5. The minimum Gasteiger partial charge on any atom is -0.457 e. The molecule has 0 unspecified atom stereocenters. The van der Waals surface area contributed by atoms with Crippen LogP contribution in [0.2, 0.25) is 5.02 Å². The van der Waals surface area contributed by atoms with Crippen molar-refractivity contribution in [3.05, 3.63) is 65.5 Å². The van der Waals surface area contributed by atoms with Crippen LogP contribution in [0.3, 0.4) is 0 Å². The van der Waals surface area contributed by atoms with Crippen LogP contribution < -0.4 is 4.74 Å². The summed E-state index contributed by atoms with van der Waals surface area (Å²) in [6.45, 7) is 0. The van der Waals surface area contributed by atoms with Crippen molar-refractivity contribution in [1.29, 1.82) is 5.26 Å². The molecule has 0 saturated heterocycles. The van der Waals surface area contributed by atoms with E-state index in [-0.39, 0.29) is 0 Å². The van der Waals surface area contributed by atoms with Gasteiger partial charge in [-0.05, 0) is 42.0 Å². The van der Waals surface area contributed by atoms with Crippen molar-refractivity contribution in [3.8, 4) is 17.6 Å². The van der Waals surface area contributed by atoms with Crippen LogP contribution in [0.4, 0.5) is 0 Å². The number of nitriles is 1. The monoisotopic (exact) mass is 242 g/mol. The van der Waals surface area contributed by atoms with Gasteiger partial charge in [-0.1, -0.05) is 23.7 Å². The SMILES string of the molecule is N#C[CH]c1cccc(Oc2ccc(Cl)cc2)c1. The molecule has 0 spiro atoms. The molecular formula is C14H9ClNO. The summed E-state index contributed by atoms with van der Waals surface area (Å²) in [4.78, 5) is 0. The third-order valence-electron chi connectivity index (χ3n) is 2.14. The summed E-state index contributed by atoms with van der Waals surface area (Å²) in [7, 11) is 0. The maximum Gasteiger partial charge on any atom is 0.127 e. The number of ether oxygens (including phenoxy) is 1. The highest BCUT2D eigenvalue weighted by molar-refractivity contribution is 6.30. The van der Waals surface area contributed by atoms with Crippen molar-refractivity contribution < 1.29 is 4.74 Å². The minimum absolute atomic E-state index is 0.670. The van der Waals surface area contributed by atoms with Gasteiger partial charge in [0, 0.05) is 5.02 Å². The third-order valence-corrected chi connectivity index (χ3v) is 2.39. The topological polar surface area (TPSA) is 33.0 Å². The van der Waals surface area contributed by atoms with E-state index in [4.69, 9.17) is 21.6 Å². The van der Waals surface area contributed by atoms with E-state index in [0.29, 0.717) is 16.5 Å². The molecule has 0 saturated carbocycles. The number of rotatable bonds is 3. The standard InChI is InChI=1S/C14H9ClNO/c15-12-4-6-13(7-5-12)17-14-3-1-2-11(10-14)8-9-16/h1-8,10H. The van der Waals surface area contributed by atoms with E-state index in [9.17, 15) is 0 Å². The van der Waals surface area contributed by atoms with Gasteiger partial charge in [0.15, 0.2) is 0 Å². The van der Waals surface area contributed by atoms with Gasteiger partial charge < -0.3 is 4.74 Å². The van der Waals surface area contributed by atoms with Gasteiger partial charge in [0.25, 0.3) is 0 Å². The van der Waals surface area contributed by atoms with Crippen LogP contribution in [0.25, 0.3) is 0 Å². The molecule has 1 radical (unpaired) electrons. The lowest BCUT2D eigenvalue weighted by molar-refractivity contribution is 0.482. The summed E-state index contributed by atoms with van der Waals surface area (Å²) in [5.74, 6) is 1.40. The molecule has 17 heavy (non-hydrogen) atoms. The fourth-order valence-electron chi connectivity index (χ4n) is 1.38. The minimum atomic E-state index is 0.670. The Morgan fingerprint density at radius 2 is 1.82 bits per heavy atom. The van der Waals surface area contributed by atoms with E-state index in [1.165, 1.54) is 6.42 Å². The quantitative estimate of drug-likeness (QED) is 0.808. The molecule has 0 amide bonds. The summed E-state index contributed by atoms with van der Waals surface area (Å²) < 4.78 is 5.63. The second kappa shape index (κ2) is 5.38. The molecule has 0 aliphatic heterocycles. The van der Waals surface area contributed by atoms with Crippen LogP contribution in [0.15, 0.2) is 48.5 Å². The largest absolute Gasteiger partial charge is 0.457 e. The highest BCUT2D eigenvalue weighted by Gasteiger charge is 1.99. The molecule has 83 valence electrons. The van der Waals surface area contributed by atoms with Crippen molar-refractivity contribution in [2.24, 2.45) is 0 Å². The van der Waals surface area contributed by atoms with Crippen molar-refractivity contribution in [2.75, 3.05) is 0 Å². The number of benzene rings is 2. The number of halogens is 1. The predicted octanol–water partition coefficient (Wildman–Crippen LogP) is 4.21. The summed E-state index contributed by atoms with van der Waals surface area (Å²) in [6.07, 6.45) is 1.47.